The zero-order chi connectivity index (χ0) is 84.5. The molecule has 0 bridgehead atoms. The van der Waals surface area contributed by atoms with E-state index in [-0.39, 0.29) is 0 Å². The molecule has 624 valence electrons. The van der Waals surface area contributed by atoms with Crippen LogP contribution in [0.15, 0.2) is 298 Å². The molecule has 11 aromatic carbocycles. The summed E-state index contributed by atoms with van der Waals surface area (Å²) in [5.41, 5.74) is 19.3. The minimum absolute atomic E-state index is 0.721. The molecule has 0 spiro atoms. The van der Waals surface area contributed by atoms with Crippen LogP contribution in [0.4, 0.5) is 0 Å². The van der Waals surface area contributed by atoms with E-state index in [2.05, 4.69) is 427 Å². The summed E-state index contributed by atoms with van der Waals surface area (Å²) >= 11 is 0. The van der Waals surface area contributed by atoms with Gasteiger partial charge in [-0.25, -0.2) is 0 Å². The van der Waals surface area contributed by atoms with Gasteiger partial charge in [0.25, 0.3) is 0 Å². The molecule has 14 rings (SSSR count). The van der Waals surface area contributed by atoms with Gasteiger partial charge in [0.2, 0.25) is 0 Å². The number of aryl methyl sites for hydroxylation is 5. The highest BCUT2D eigenvalue weighted by atomic mass is 14.7. The average Bonchev–Trinajstić information content (AvgIpc) is 1.66. The van der Waals surface area contributed by atoms with Gasteiger partial charge in [0, 0.05) is 29.0 Å². The maximum absolute atomic E-state index is 3.29. The van der Waals surface area contributed by atoms with Gasteiger partial charge in [0.1, 0.15) is 0 Å². The maximum atomic E-state index is 3.29. The summed E-state index contributed by atoms with van der Waals surface area (Å²) in [5.74, 6) is 8.12. The van der Waals surface area contributed by atoms with Crippen LogP contribution in [0.25, 0.3) is 54.7 Å². The molecular formula is C115H154N2. The highest BCUT2D eigenvalue weighted by Gasteiger charge is 2.14. The molecule has 117 heavy (non-hydrogen) atoms. The van der Waals surface area contributed by atoms with E-state index in [1.807, 2.05) is 12.3 Å². The van der Waals surface area contributed by atoms with Crippen LogP contribution in [0.2, 0.25) is 0 Å². The molecule has 2 nitrogen and oxygen atoms in total. The minimum Gasteiger partial charge on any atom is -0.365 e. The molecule has 0 aliphatic heterocycles. The second kappa shape index (κ2) is 55.4. The first-order valence-electron chi connectivity index (χ1n) is 45.4. The SMILES string of the molecule is CC(C)CC1CCCCC1.CC(C)CCc1ccc(-c2ccccc2)cc1.CC(C)CCc1ccc2ccccc2c1.CC(C)CCc1ccccc1.CC(C)Cc1c[nH]c2ccccc12.CC(C)Cc1ccc(-c2ccccc2)cc1.CC(C)Cc1ccc[nH]1.CC(C)Cc1cccc2ccccc12.Cc1ccc(CCC(C)C)cc1. The Morgan fingerprint density at radius 3 is 1.16 bits per heavy atom. The smallest absolute Gasteiger partial charge is 0.0456 e. The van der Waals surface area contributed by atoms with Crippen molar-refractivity contribution in [2.75, 3.05) is 0 Å². The van der Waals surface area contributed by atoms with Crippen LogP contribution in [0.3, 0.4) is 0 Å². The first-order chi connectivity index (χ1) is 56.3. The fraction of sp³-hybridized carbons (Fsp3) is 0.409. The average molecular weight is 1560 g/mol. The van der Waals surface area contributed by atoms with Crippen molar-refractivity contribution in [3.63, 3.8) is 0 Å². The van der Waals surface area contributed by atoms with Gasteiger partial charge >= 0.3 is 0 Å². The van der Waals surface area contributed by atoms with Crippen LogP contribution in [0, 0.1) is 66.1 Å². The highest BCUT2D eigenvalue weighted by molar-refractivity contribution is 5.86. The summed E-state index contributed by atoms with van der Waals surface area (Å²) in [7, 11) is 0. The normalized spacial score (nSPS) is 11.8. The highest BCUT2D eigenvalue weighted by Crippen LogP contribution is 2.30. The molecule has 2 aromatic heterocycles. The Hall–Kier alpha value is -9.24. The Labute approximate surface area is 714 Å². The Morgan fingerprint density at radius 2 is 0.675 bits per heavy atom. The lowest BCUT2D eigenvalue weighted by Gasteiger charge is -2.22. The van der Waals surface area contributed by atoms with Crippen molar-refractivity contribution < 1.29 is 0 Å². The van der Waals surface area contributed by atoms with Crippen molar-refractivity contribution in [2.24, 2.45) is 59.2 Å². The molecule has 1 aliphatic carbocycles. The zero-order valence-electron chi connectivity index (χ0n) is 76.3. The standard InChI is InChI=1S/C17H20.C16H18.C15H18.C14H16.C12H15N.C12H18.C11H16.C10H20.C8H13N/c1-14(2)8-9-15-10-12-17(13-11-15)16-6-4-3-5-7-16;1-13(2)12-14-8-10-16(11-9-14)15-6-4-3-5-7-15;1-12(2)7-8-13-9-10-14-5-3-4-6-15(14)11-13;1-11(2)10-13-8-5-7-12-6-3-4-9-14(12)13;1-9(2)7-10-8-13-12-6-4-3-5-11(10)12;1-10(2)4-7-12-8-5-11(3)6-9-12;1-10(2)8-9-11-6-4-3-5-7-11;1-9(2)8-10-6-4-3-5-7-10;1-7(2)6-8-4-3-5-9-8/h3-7,10-14H,8-9H2,1-2H3;3-11,13H,12H2,1-2H3;3-6,9-12H,7-8H2,1-2H3;3-9,11H,10H2,1-2H3;3-6,8-9,13H,7H2,1-2H3;5-6,8-10H,4,7H2,1-3H3;3-7,10H,8-9H2,1-2H3;9-10H,3-8H2,1-2H3;3-5,7,9H,6H2,1-2H3. The van der Waals surface area contributed by atoms with Crippen LogP contribution >= 0.6 is 0 Å². The molecule has 2 heteroatoms. The van der Waals surface area contributed by atoms with Crippen molar-refractivity contribution in [3.05, 3.63) is 348 Å². The Balaban J connectivity index is 0.000000206. The number of H-pyrrole nitrogens is 2. The van der Waals surface area contributed by atoms with E-state index >= 15 is 0 Å². The first-order valence-corrected chi connectivity index (χ1v) is 45.4. The monoisotopic (exact) mass is 1560 g/mol. The largest absolute Gasteiger partial charge is 0.365 e. The number of fused-ring (bicyclic) bond motifs is 3. The number of aromatic nitrogens is 2. The van der Waals surface area contributed by atoms with E-state index in [4.69, 9.17) is 0 Å². The summed E-state index contributed by atoms with van der Waals surface area (Å²) in [4.78, 5) is 6.46. The molecule has 13 aromatic rings. The molecule has 0 unspecified atom stereocenters. The van der Waals surface area contributed by atoms with Gasteiger partial charge in [0.15, 0.2) is 0 Å². The molecule has 1 saturated carbocycles. The Bertz CT molecular complexity index is 4590. The quantitative estimate of drug-likeness (QED) is 0.0604. The van der Waals surface area contributed by atoms with Crippen molar-refractivity contribution in [3.8, 4) is 22.3 Å². The third-order valence-corrected chi connectivity index (χ3v) is 21.2. The van der Waals surface area contributed by atoms with Crippen LogP contribution in [0.1, 0.15) is 239 Å². The molecule has 0 radical (unpaired) electrons. The van der Waals surface area contributed by atoms with Gasteiger partial charge in [0.05, 0.1) is 0 Å². The van der Waals surface area contributed by atoms with Crippen molar-refractivity contribution in [2.45, 2.75) is 247 Å². The predicted molar refractivity (Wildman–Crippen MR) is 521 cm³/mol. The Morgan fingerprint density at radius 1 is 0.274 bits per heavy atom. The van der Waals surface area contributed by atoms with Gasteiger partial charge in [-0.15, -0.1) is 0 Å². The van der Waals surface area contributed by atoms with E-state index in [0.29, 0.717) is 0 Å². The molecule has 1 aliphatic rings. The van der Waals surface area contributed by atoms with E-state index in [0.717, 1.165) is 78.4 Å². The number of hydrogen-bond donors (Lipinski definition) is 2. The van der Waals surface area contributed by atoms with E-state index in [9.17, 15) is 0 Å². The van der Waals surface area contributed by atoms with E-state index in [1.54, 1.807) is 0 Å². The van der Waals surface area contributed by atoms with Crippen molar-refractivity contribution in [1.29, 1.82) is 0 Å². The number of rotatable bonds is 24. The summed E-state index contributed by atoms with van der Waals surface area (Å²) < 4.78 is 0. The van der Waals surface area contributed by atoms with Crippen LogP contribution < -0.4 is 0 Å². The third-order valence-electron chi connectivity index (χ3n) is 21.2. The molecule has 2 N–H and O–H groups in total. The number of benzene rings is 11. The number of hydrogen-bond acceptors (Lipinski definition) is 0. The summed E-state index contributed by atoms with van der Waals surface area (Å²) in [6.07, 6.45) is 27.7. The lowest BCUT2D eigenvalue weighted by molar-refractivity contribution is 0.305. The van der Waals surface area contributed by atoms with E-state index < -0.39 is 0 Å². The van der Waals surface area contributed by atoms with Gasteiger partial charge in [-0.1, -0.05) is 429 Å². The fourth-order valence-electron chi connectivity index (χ4n) is 14.7. The van der Waals surface area contributed by atoms with Crippen molar-refractivity contribution >= 4 is 32.4 Å². The molecule has 2 heterocycles. The summed E-state index contributed by atoms with van der Waals surface area (Å²) in [6.45, 7) is 43.0. The molecule has 0 amide bonds. The van der Waals surface area contributed by atoms with Gasteiger partial charge in [-0.3, -0.25) is 0 Å². The van der Waals surface area contributed by atoms with E-state index in [1.165, 1.54) is 201 Å². The lowest BCUT2D eigenvalue weighted by Crippen LogP contribution is -2.08. The maximum Gasteiger partial charge on any atom is 0.0456 e. The number of nitrogens with one attached hydrogen (secondary N) is 2. The fourth-order valence-corrected chi connectivity index (χ4v) is 14.7. The third kappa shape index (κ3) is 41.1. The predicted octanol–water partition coefficient (Wildman–Crippen LogP) is 34.0. The molecule has 0 saturated heterocycles. The zero-order valence-corrected chi connectivity index (χ0v) is 76.3. The van der Waals surface area contributed by atoms with Gasteiger partial charge < -0.3 is 9.97 Å². The van der Waals surface area contributed by atoms with Gasteiger partial charge in [-0.05, 0) is 251 Å². The van der Waals surface area contributed by atoms with Gasteiger partial charge in [-0.2, -0.15) is 0 Å². The van der Waals surface area contributed by atoms with Crippen LogP contribution in [-0.2, 0) is 51.4 Å². The first kappa shape index (κ1) is 96.6. The van der Waals surface area contributed by atoms with Crippen LogP contribution in [-0.4, -0.2) is 9.97 Å². The summed E-state index contributed by atoms with van der Waals surface area (Å²) in [5, 5.41) is 6.83. The Kier molecular flexibility index (Phi) is 45.8. The number of para-hydroxylation sites is 1. The van der Waals surface area contributed by atoms with Crippen molar-refractivity contribution in [1.82, 2.24) is 9.97 Å². The number of aromatic amines is 2. The molecular weight excluding hydrogens is 1410 g/mol. The minimum atomic E-state index is 0.721. The molecule has 1 fully saturated rings. The van der Waals surface area contributed by atoms with Crippen LogP contribution in [0.5, 0.6) is 0 Å². The summed E-state index contributed by atoms with van der Waals surface area (Å²) in [6, 6.07) is 102. The second-order valence-electron chi connectivity index (χ2n) is 36.7. The molecule has 0 atom stereocenters. The lowest BCUT2D eigenvalue weighted by atomic mass is 9.84. The topological polar surface area (TPSA) is 31.6 Å². The second-order valence-corrected chi connectivity index (χ2v) is 36.7.